The van der Waals surface area contributed by atoms with E-state index in [9.17, 15) is 19.6 Å². The number of hydrogen-bond donors (Lipinski definition) is 3. The monoisotopic (exact) mass is 494 g/mol. The number of alkyl halides is 1. The second-order valence-electron chi connectivity index (χ2n) is 10.8. The number of aromatic nitrogens is 1. The Balaban J connectivity index is 1.50. The topological polar surface area (TPSA) is 107 Å². The minimum atomic E-state index is -1.35. The van der Waals surface area contributed by atoms with Crippen molar-refractivity contribution < 1.29 is 19.0 Å². The van der Waals surface area contributed by atoms with E-state index in [2.05, 4.69) is 21.7 Å². The molecule has 1 saturated carbocycles. The first-order valence-electron chi connectivity index (χ1n) is 12.6. The number of fused-ring (bicyclic) bond motifs is 1. The van der Waals surface area contributed by atoms with Crippen molar-refractivity contribution in [3.63, 3.8) is 0 Å². The summed E-state index contributed by atoms with van der Waals surface area (Å²) >= 11 is 0. The van der Waals surface area contributed by atoms with Crippen LogP contribution in [0.15, 0.2) is 36.5 Å². The van der Waals surface area contributed by atoms with Gasteiger partial charge in [0, 0.05) is 44.1 Å². The average molecular weight is 495 g/mol. The van der Waals surface area contributed by atoms with Crippen molar-refractivity contribution in [2.24, 2.45) is 0 Å². The molecule has 0 bridgehead atoms. The quantitative estimate of drug-likeness (QED) is 0.491. The van der Waals surface area contributed by atoms with E-state index in [4.69, 9.17) is 4.74 Å². The van der Waals surface area contributed by atoms with Crippen LogP contribution < -0.4 is 15.4 Å². The van der Waals surface area contributed by atoms with E-state index < -0.39 is 17.8 Å². The van der Waals surface area contributed by atoms with Crippen LogP contribution in [0.2, 0.25) is 0 Å². The summed E-state index contributed by atoms with van der Waals surface area (Å²) in [5.74, 6) is 0.336. The molecule has 1 amide bonds. The number of ether oxygens (including phenoxy) is 1. The molecule has 0 saturated heterocycles. The summed E-state index contributed by atoms with van der Waals surface area (Å²) in [5.41, 5.74) is 1.46. The first-order chi connectivity index (χ1) is 17.1. The molecule has 1 fully saturated rings. The molecule has 7 nitrogen and oxygen atoms in total. The standard InChI is InChI=1S/C28H35FN4O3/c1-18(34)33-23(12-19-6-4-7-20(10-19)15-30)25(35)17-31-24-14-28(8-5-9-28)36-26-22(24)11-21(16-32-26)13-27(2,3)29/h4,6-7,10-11,16,23-25,31,35H,5,8-9,12-14,17H2,1-3H3,(H,33,34)/t23-,24-,25+/m0/s1. The van der Waals surface area contributed by atoms with Crippen molar-refractivity contribution in [3.05, 3.63) is 58.8 Å². The SMILES string of the molecule is CC(=O)N[C@@H](Cc1cccc(C#N)c1)[C@H](O)CN[C@H]1CC2(CCC2)Oc2ncc(CC(C)(C)F)cc21. The maximum absolute atomic E-state index is 14.3. The minimum Gasteiger partial charge on any atom is -0.471 e. The van der Waals surface area contributed by atoms with E-state index in [1.807, 2.05) is 12.1 Å². The predicted octanol–water partition coefficient (Wildman–Crippen LogP) is 3.69. The first kappa shape index (κ1) is 26.1. The van der Waals surface area contributed by atoms with E-state index in [-0.39, 0.29) is 30.5 Å². The zero-order valence-electron chi connectivity index (χ0n) is 21.2. The third kappa shape index (κ3) is 6.40. The van der Waals surface area contributed by atoms with Gasteiger partial charge in [0.15, 0.2) is 0 Å². The van der Waals surface area contributed by atoms with Gasteiger partial charge in [0.2, 0.25) is 11.8 Å². The maximum atomic E-state index is 14.3. The number of benzene rings is 1. The van der Waals surface area contributed by atoms with E-state index in [0.717, 1.165) is 42.4 Å². The lowest BCUT2D eigenvalue weighted by atomic mass is 9.73. The summed E-state index contributed by atoms with van der Waals surface area (Å²) < 4.78 is 20.6. The minimum absolute atomic E-state index is 0.112. The predicted molar refractivity (Wildman–Crippen MR) is 134 cm³/mol. The Labute approximate surface area is 212 Å². The molecule has 8 heteroatoms. The Morgan fingerprint density at radius 2 is 2.14 bits per heavy atom. The Bertz CT molecular complexity index is 1140. The van der Waals surface area contributed by atoms with Crippen LogP contribution in [0.5, 0.6) is 5.88 Å². The van der Waals surface area contributed by atoms with Gasteiger partial charge in [-0.3, -0.25) is 4.79 Å². The molecule has 1 aromatic heterocycles. The van der Waals surface area contributed by atoms with Crippen LogP contribution >= 0.6 is 0 Å². The zero-order chi connectivity index (χ0) is 25.9. The number of carbonyl (C=O) groups is 1. The van der Waals surface area contributed by atoms with Crippen LogP contribution in [0.3, 0.4) is 0 Å². The molecule has 2 aromatic rings. The number of nitrogens with zero attached hydrogens (tertiary/aromatic N) is 2. The van der Waals surface area contributed by atoms with Gasteiger partial charge in [0.05, 0.1) is 23.8 Å². The molecule has 1 aromatic carbocycles. The average Bonchev–Trinajstić information content (AvgIpc) is 2.79. The summed E-state index contributed by atoms with van der Waals surface area (Å²) in [6.45, 7) is 4.76. The summed E-state index contributed by atoms with van der Waals surface area (Å²) in [6, 6.07) is 10.6. The first-order valence-corrected chi connectivity index (χ1v) is 12.6. The number of aliphatic hydroxyl groups excluding tert-OH is 1. The third-order valence-electron chi connectivity index (χ3n) is 7.03. The van der Waals surface area contributed by atoms with Crippen LogP contribution in [0, 0.1) is 11.3 Å². The maximum Gasteiger partial charge on any atom is 0.218 e. The molecule has 1 spiro atoms. The molecule has 3 atom stereocenters. The Morgan fingerprint density at radius 3 is 2.78 bits per heavy atom. The highest BCUT2D eigenvalue weighted by Gasteiger charge is 2.46. The van der Waals surface area contributed by atoms with Crippen molar-refractivity contribution in [2.75, 3.05) is 6.54 Å². The van der Waals surface area contributed by atoms with Crippen LogP contribution in [-0.4, -0.2) is 46.0 Å². The van der Waals surface area contributed by atoms with Crippen molar-refractivity contribution in [1.82, 2.24) is 15.6 Å². The van der Waals surface area contributed by atoms with Crippen molar-refractivity contribution in [3.8, 4) is 11.9 Å². The van der Waals surface area contributed by atoms with E-state index >= 15 is 0 Å². The molecular formula is C28H35FN4O3. The number of aliphatic hydroxyl groups is 1. The van der Waals surface area contributed by atoms with Gasteiger partial charge in [-0.25, -0.2) is 9.37 Å². The number of rotatable bonds is 9. The second-order valence-corrected chi connectivity index (χ2v) is 10.8. The molecule has 1 aliphatic heterocycles. The third-order valence-corrected chi connectivity index (χ3v) is 7.03. The number of pyridine rings is 1. The van der Waals surface area contributed by atoms with E-state index in [0.29, 0.717) is 17.9 Å². The summed E-state index contributed by atoms with van der Waals surface area (Å²) in [5, 5.41) is 26.6. The number of carbonyl (C=O) groups excluding carboxylic acids is 1. The fourth-order valence-electron chi connectivity index (χ4n) is 5.19. The number of halogens is 1. The number of hydrogen-bond acceptors (Lipinski definition) is 6. The molecule has 0 unspecified atom stereocenters. The van der Waals surface area contributed by atoms with E-state index in [1.165, 1.54) is 6.92 Å². The largest absolute Gasteiger partial charge is 0.471 e. The van der Waals surface area contributed by atoms with Crippen LogP contribution in [0.25, 0.3) is 0 Å². The molecule has 3 N–H and O–H groups in total. The molecule has 192 valence electrons. The van der Waals surface area contributed by atoms with Gasteiger partial charge in [-0.2, -0.15) is 5.26 Å². The van der Waals surface area contributed by atoms with Crippen LogP contribution in [0.1, 0.15) is 74.8 Å². The van der Waals surface area contributed by atoms with Gasteiger partial charge >= 0.3 is 0 Å². The van der Waals surface area contributed by atoms with Gasteiger partial charge in [-0.15, -0.1) is 0 Å². The highest BCUT2D eigenvalue weighted by atomic mass is 19.1. The van der Waals surface area contributed by atoms with Crippen LogP contribution in [0.4, 0.5) is 4.39 Å². The van der Waals surface area contributed by atoms with Gasteiger partial charge in [0.1, 0.15) is 11.3 Å². The zero-order valence-corrected chi connectivity index (χ0v) is 21.2. The van der Waals surface area contributed by atoms with Gasteiger partial charge in [-0.1, -0.05) is 12.1 Å². The Morgan fingerprint density at radius 1 is 1.36 bits per heavy atom. The lowest BCUT2D eigenvalue weighted by Gasteiger charge is -2.47. The molecule has 0 radical (unpaired) electrons. The molecular weight excluding hydrogens is 459 g/mol. The highest BCUT2D eigenvalue weighted by Crippen LogP contribution is 2.48. The number of nitrogens with one attached hydrogen (secondary N) is 2. The van der Waals surface area contributed by atoms with Crippen molar-refractivity contribution >= 4 is 5.91 Å². The van der Waals surface area contributed by atoms with Gasteiger partial charge in [0.25, 0.3) is 0 Å². The summed E-state index contributed by atoms with van der Waals surface area (Å²) in [4.78, 5) is 16.4. The molecule has 2 heterocycles. The second kappa shape index (κ2) is 10.5. The Hall–Kier alpha value is -3.02. The summed E-state index contributed by atoms with van der Waals surface area (Å²) in [7, 11) is 0. The molecule has 4 rings (SSSR count). The fourth-order valence-corrected chi connectivity index (χ4v) is 5.19. The number of nitriles is 1. The van der Waals surface area contributed by atoms with Crippen molar-refractivity contribution in [2.45, 2.75) is 88.8 Å². The van der Waals surface area contributed by atoms with E-state index in [1.54, 1.807) is 38.2 Å². The lowest BCUT2D eigenvalue weighted by Crippen LogP contribution is -2.52. The normalized spacial score (nSPS) is 19.8. The molecule has 36 heavy (non-hydrogen) atoms. The van der Waals surface area contributed by atoms with Crippen molar-refractivity contribution in [1.29, 1.82) is 5.26 Å². The fraction of sp³-hybridized carbons (Fsp3) is 0.536. The molecule has 2 aliphatic rings. The lowest BCUT2D eigenvalue weighted by molar-refractivity contribution is -0.120. The molecule has 1 aliphatic carbocycles. The highest BCUT2D eigenvalue weighted by molar-refractivity contribution is 5.73. The van der Waals surface area contributed by atoms with Crippen LogP contribution in [-0.2, 0) is 17.6 Å². The summed E-state index contributed by atoms with van der Waals surface area (Å²) in [6.07, 6.45) is 5.21. The van der Waals surface area contributed by atoms with Gasteiger partial charge in [-0.05, 0) is 68.9 Å². The Kier molecular flexibility index (Phi) is 7.62. The smallest absolute Gasteiger partial charge is 0.218 e. The number of amides is 1. The van der Waals surface area contributed by atoms with Gasteiger partial charge < -0.3 is 20.5 Å².